The van der Waals surface area contributed by atoms with Crippen LogP contribution in [0.25, 0.3) is 0 Å². The average Bonchev–Trinajstić information content (AvgIpc) is 2.64. The summed E-state index contributed by atoms with van der Waals surface area (Å²) < 4.78 is 13.3. The summed E-state index contributed by atoms with van der Waals surface area (Å²) in [4.78, 5) is 16.7. The number of pyridine rings is 1. The largest absolute Gasteiger partial charge is 0.367 e. The van der Waals surface area contributed by atoms with E-state index in [0.717, 1.165) is 25.6 Å². The van der Waals surface area contributed by atoms with Crippen LogP contribution in [0.15, 0.2) is 12.4 Å². The summed E-state index contributed by atoms with van der Waals surface area (Å²) in [7, 11) is 0. The molecule has 1 aromatic rings. The minimum atomic E-state index is -0.540. The number of aromatic nitrogens is 1. The van der Waals surface area contributed by atoms with Crippen molar-refractivity contribution < 1.29 is 9.18 Å². The lowest BCUT2D eigenvalue weighted by Gasteiger charge is -2.24. The minimum Gasteiger partial charge on any atom is -0.367 e. The van der Waals surface area contributed by atoms with Crippen molar-refractivity contribution in [3.05, 3.63) is 23.8 Å². The van der Waals surface area contributed by atoms with Crippen molar-refractivity contribution >= 4 is 12.0 Å². The first kappa shape index (κ1) is 10.1. The Morgan fingerprint density at radius 1 is 1.60 bits per heavy atom. The number of aldehydes is 1. The molecule has 0 saturated carbocycles. The fraction of sp³-hybridized carbons (Fsp3) is 0.455. The standard InChI is InChI=1S/C11H13FN2O/c1-8-3-2-4-14(8)11-6-13-5-10(12)9(11)7-15/h5-8H,2-4H2,1H3. The van der Waals surface area contributed by atoms with Crippen LogP contribution in [0.5, 0.6) is 0 Å². The number of anilines is 1. The van der Waals surface area contributed by atoms with Gasteiger partial charge in [0.2, 0.25) is 0 Å². The number of rotatable bonds is 2. The smallest absolute Gasteiger partial charge is 0.155 e. The fourth-order valence-corrected chi connectivity index (χ4v) is 2.07. The van der Waals surface area contributed by atoms with Crippen LogP contribution in [-0.2, 0) is 0 Å². The zero-order valence-corrected chi connectivity index (χ0v) is 8.61. The molecule has 0 spiro atoms. The van der Waals surface area contributed by atoms with Gasteiger partial charge in [0, 0.05) is 12.6 Å². The van der Waals surface area contributed by atoms with Crippen molar-refractivity contribution in [3.63, 3.8) is 0 Å². The second kappa shape index (κ2) is 3.96. The molecule has 4 heteroatoms. The maximum Gasteiger partial charge on any atom is 0.155 e. The second-order valence-corrected chi connectivity index (χ2v) is 3.86. The summed E-state index contributed by atoms with van der Waals surface area (Å²) in [6.45, 7) is 2.94. The molecule has 1 aromatic heterocycles. The zero-order chi connectivity index (χ0) is 10.8. The maximum absolute atomic E-state index is 13.3. The van der Waals surface area contributed by atoms with E-state index in [9.17, 15) is 9.18 Å². The number of nitrogens with zero attached hydrogens (tertiary/aromatic N) is 2. The van der Waals surface area contributed by atoms with Gasteiger partial charge >= 0.3 is 0 Å². The van der Waals surface area contributed by atoms with Crippen LogP contribution in [0.1, 0.15) is 30.1 Å². The van der Waals surface area contributed by atoms with Crippen molar-refractivity contribution in [2.75, 3.05) is 11.4 Å². The van der Waals surface area contributed by atoms with E-state index >= 15 is 0 Å². The lowest BCUT2D eigenvalue weighted by molar-refractivity contribution is 0.112. The van der Waals surface area contributed by atoms with Gasteiger partial charge in [-0.1, -0.05) is 0 Å². The first-order chi connectivity index (χ1) is 7.24. The van der Waals surface area contributed by atoms with Gasteiger partial charge in [-0.15, -0.1) is 0 Å². The summed E-state index contributed by atoms with van der Waals surface area (Å²) in [5.41, 5.74) is 0.744. The molecule has 0 amide bonds. The van der Waals surface area contributed by atoms with Gasteiger partial charge in [0.1, 0.15) is 0 Å². The molecule has 1 unspecified atom stereocenters. The monoisotopic (exact) mass is 208 g/mol. The molecule has 15 heavy (non-hydrogen) atoms. The Morgan fingerprint density at radius 3 is 3.00 bits per heavy atom. The molecule has 0 radical (unpaired) electrons. The molecule has 1 fully saturated rings. The minimum absolute atomic E-state index is 0.124. The molecule has 1 aliphatic rings. The van der Waals surface area contributed by atoms with E-state index in [2.05, 4.69) is 11.9 Å². The summed E-state index contributed by atoms with van der Waals surface area (Å²) in [5, 5.41) is 0. The highest BCUT2D eigenvalue weighted by molar-refractivity contribution is 5.84. The fourth-order valence-electron chi connectivity index (χ4n) is 2.07. The van der Waals surface area contributed by atoms with E-state index in [1.165, 1.54) is 0 Å². The van der Waals surface area contributed by atoms with Gasteiger partial charge in [-0.05, 0) is 19.8 Å². The average molecular weight is 208 g/mol. The lowest BCUT2D eigenvalue weighted by Crippen LogP contribution is -2.27. The predicted octanol–water partition coefficient (Wildman–Crippen LogP) is 2.02. The maximum atomic E-state index is 13.3. The van der Waals surface area contributed by atoms with Crippen molar-refractivity contribution in [1.29, 1.82) is 0 Å². The Labute approximate surface area is 87.9 Å². The summed E-state index contributed by atoms with van der Waals surface area (Å²) in [6, 6.07) is 0.354. The molecule has 1 saturated heterocycles. The van der Waals surface area contributed by atoms with E-state index in [-0.39, 0.29) is 5.56 Å². The number of carbonyl (C=O) groups is 1. The van der Waals surface area contributed by atoms with E-state index in [4.69, 9.17) is 0 Å². The SMILES string of the molecule is CC1CCCN1c1cncc(F)c1C=O. The second-order valence-electron chi connectivity index (χ2n) is 3.86. The van der Waals surface area contributed by atoms with Gasteiger partial charge in [0.05, 0.1) is 23.6 Å². The van der Waals surface area contributed by atoms with E-state index in [0.29, 0.717) is 18.0 Å². The van der Waals surface area contributed by atoms with Crippen LogP contribution < -0.4 is 4.90 Å². The Kier molecular flexibility index (Phi) is 2.66. The first-order valence-electron chi connectivity index (χ1n) is 5.09. The molecule has 2 rings (SSSR count). The molecule has 1 atom stereocenters. The van der Waals surface area contributed by atoms with E-state index in [1.54, 1.807) is 6.20 Å². The van der Waals surface area contributed by atoms with E-state index < -0.39 is 5.82 Å². The van der Waals surface area contributed by atoms with Gasteiger partial charge in [-0.2, -0.15) is 0 Å². The molecule has 0 N–H and O–H groups in total. The molecule has 0 aromatic carbocycles. The normalized spacial score (nSPS) is 20.7. The Morgan fingerprint density at radius 2 is 2.40 bits per heavy atom. The summed E-state index contributed by atoms with van der Waals surface area (Å²) in [5.74, 6) is -0.540. The Bertz CT molecular complexity index is 381. The van der Waals surface area contributed by atoms with Crippen molar-refractivity contribution in [3.8, 4) is 0 Å². The van der Waals surface area contributed by atoms with Crippen LogP contribution in [0.4, 0.5) is 10.1 Å². The highest BCUT2D eigenvalue weighted by atomic mass is 19.1. The van der Waals surface area contributed by atoms with Crippen molar-refractivity contribution in [2.45, 2.75) is 25.8 Å². The third kappa shape index (κ3) is 1.71. The van der Waals surface area contributed by atoms with Crippen LogP contribution >= 0.6 is 0 Å². The third-order valence-corrected chi connectivity index (χ3v) is 2.90. The predicted molar refractivity (Wildman–Crippen MR) is 55.6 cm³/mol. The van der Waals surface area contributed by atoms with Gasteiger partial charge in [-0.3, -0.25) is 9.78 Å². The van der Waals surface area contributed by atoms with E-state index in [1.807, 2.05) is 4.90 Å². The topological polar surface area (TPSA) is 33.2 Å². The molecule has 2 heterocycles. The lowest BCUT2D eigenvalue weighted by atomic mass is 10.2. The quantitative estimate of drug-likeness (QED) is 0.697. The van der Waals surface area contributed by atoms with Gasteiger partial charge in [0.15, 0.2) is 12.1 Å². The molecule has 3 nitrogen and oxygen atoms in total. The van der Waals surface area contributed by atoms with Gasteiger partial charge in [-0.25, -0.2) is 4.39 Å². The molecular weight excluding hydrogens is 195 g/mol. The first-order valence-corrected chi connectivity index (χ1v) is 5.09. The van der Waals surface area contributed by atoms with Gasteiger partial charge < -0.3 is 4.90 Å². The number of hydrogen-bond acceptors (Lipinski definition) is 3. The molecule has 80 valence electrons. The molecular formula is C11H13FN2O. The molecule has 0 bridgehead atoms. The van der Waals surface area contributed by atoms with Crippen LogP contribution in [0.3, 0.4) is 0 Å². The number of carbonyl (C=O) groups excluding carboxylic acids is 1. The molecule has 0 aliphatic carbocycles. The Balaban J connectivity index is 2.42. The Hall–Kier alpha value is -1.45. The van der Waals surface area contributed by atoms with Gasteiger partial charge in [0.25, 0.3) is 0 Å². The third-order valence-electron chi connectivity index (χ3n) is 2.90. The van der Waals surface area contributed by atoms with Crippen LogP contribution in [0.2, 0.25) is 0 Å². The highest BCUT2D eigenvalue weighted by Crippen LogP contribution is 2.27. The van der Waals surface area contributed by atoms with Crippen molar-refractivity contribution in [1.82, 2.24) is 4.98 Å². The van der Waals surface area contributed by atoms with Crippen LogP contribution in [-0.4, -0.2) is 23.9 Å². The molecule has 1 aliphatic heterocycles. The number of halogens is 1. The highest BCUT2D eigenvalue weighted by Gasteiger charge is 2.24. The summed E-state index contributed by atoms with van der Waals surface area (Å²) in [6.07, 6.45) is 5.37. The van der Waals surface area contributed by atoms with Crippen molar-refractivity contribution in [2.24, 2.45) is 0 Å². The summed E-state index contributed by atoms with van der Waals surface area (Å²) >= 11 is 0. The zero-order valence-electron chi connectivity index (χ0n) is 8.61. The number of hydrogen-bond donors (Lipinski definition) is 0. The van der Waals surface area contributed by atoms with Crippen LogP contribution in [0, 0.1) is 5.82 Å².